The molecule has 0 saturated heterocycles. The average molecular weight is 205 g/mol. The Morgan fingerprint density at radius 1 is 1.53 bits per heavy atom. The molecule has 4 nitrogen and oxygen atoms in total. The Morgan fingerprint density at radius 2 is 2.27 bits per heavy atom. The van der Waals surface area contributed by atoms with E-state index in [9.17, 15) is 0 Å². The van der Waals surface area contributed by atoms with E-state index in [1.54, 1.807) is 0 Å². The molecule has 80 valence electrons. The van der Waals surface area contributed by atoms with Crippen molar-refractivity contribution < 1.29 is 5.11 Å². The molecule has 3 N–H and O–H groups in total. The summed E-state index contributed by atoms with van der Waals surface area (Å²) in [4.78, 5) is 4.42. The van der Waals surface area contributed by atoms with Gasteiger partial charge in [-0.05, 0) is 18.6 Å². The third-order valence-electron chi connectivity index (χ3n) is 2.66. The van der Waals surface area contributed by atoms with Gasteiger partial charge in [0.25, 0.3) is 0 Å². The van der Waals surface area contributed by atoms with Crippen molar-refractivity contribution in [3.8, 4) is 0 Å². The van der Waals surface area contributed by atoms with Crippen LogP contribution in [0.4, 0.5) is 0 Å². The summed E-state index contributed by atoms with van der Waals surface area (Å²) in [5.41, 5.74) is 8.95. The summed E-state index contributed by atoms with van der Waals surface area (Å²) in [6.07, 6.45) is 0. The molecule has 0 saturated carbocycles. The van der Waals surface area contributed by atoms with Gasteiger partial charge >= 0.3 is 0 Å². The highest BCUT2D eigenvalue weighted by Gasteiger charge is 2.14. The number of aliphatic hydroxyl groups is 1. The van der Waals surface area contributed by atoms with Gasteiger partial charge in [-0.15, -0.1) is 0 Å². The van der Waals surface area contributed by atoms with Gasteiger partial charge in [-0.3, -0.25) is 0 Å². The molecule has 0 bridgehead atoms. The topological polar surface area (TPSA) is 64.1 Å². The fraction of sp³-hybridized carbons (Fsp3) is 0.364. The molecule has 1 unspecified atom stereocenters. The molecule has 0 spiro atoms. The molecular weight excluding hydrogens is 190 g/mol. The monoisotopic (exact) mass is 205 g/mol. The molecule has 0 radical (unpaired) electrons. The number of benzene rings is 1. The summed E-state index contributed by atoms with van der Waals surface area (Å²) < 4.78 is 1.95. The van der Waals surface area contributed by atoms with Crippen LogP contribution in [0.2, 0.25) is 0 Å². The number of imidazole rings is 1. The van der Waals surface area contributed by atoms with E-state index >= 15 is 0 Å². The van der Waals surface area contributed by atoms with Crippen LogP contribution < -0.4 is 5.73 Å². The van der Waals surface area contributed by atoms with Gasteiger partial charge in [0.05, 0.1) is 23.7 Å². The van der Waals surface area contributed by atoms with E-state index in [0.29, 0.717) is 0 Å². The van der Waals surface area contributed by atoms with Crippen LogP contribution in [0.1, 0.15) is 17.4 Å². The van der Waals surface area contributed by atoms with Crippen LogP contribution in [0.3, 0.4) is 0 Å². The number of aromatic nitrogens is 2. The molecule has 1 aromatic carbocycles. The number of rotatable bonds is 2. The van der Waals surface area contributed by atoms with Gasteiger partial charge in [-0.25, -0.2) is 4.98 Å². The van der Waals surface area contributed by atoms with E-state index in [4.69, 9.17) is 10.8 Å². The number of hydrogen-bond donors (Lipinski definition) is 2. The number of nitrogens with two attached hydrogens (primary N) is 1. The smallest absolute Gasteiger partial charge is 0.128 e. The first-order chi connectivity index (χ1) is 7.15. The van der Waals surface area contributed by atoms with Gasteiger partial charge in [-0.1, -0.05) is 12.1 Å². The average Bonchev–Trinajstić information content (AvgIpc) is 2.56. The third-order valence-corrected chi connectivity index (χ3v) is 2.66. The molecule has 0 aliphatic carbocycles. The van der Waals surface area contributed by atoms with Gasteiger partial charge in [-0.2, -0.15) is 0 Å². The van der Waals surface area contributed by atoms with Gasteiger partial charge in [0.15, 0.2) is 0 Å². The van der Waals surface area contributed by atoms with Crippen LogP contribution >= 0.6 is 0 Å². The third kappa shape index (κ3) is 1.52. The predicted molar refractivity (Wildman–Crippen MR) is 59.5 cm³/mol. The fourth-order valence-corrected chi connectivity index (χ4v) is 1.90. The number of fused-ring (bicyclic) bond motifs is 1. The SMILES string of the molecule is Cc1cccc2nc(C(N)CO)n(C)c12. The van der Waals surface area contributed by atoms with Gasteiger partial charge < -0.3 is 15.4 Å². The summed E-state index contributed by atoms with van der Waals surface area (Å²) >= 11 is 0. The molecule has 1 atom stereocenters. The predicted octanol–water partition coefficient (Wildman–Crippen LogP) is 0.874. The second-order valence-electron chi connectivity index (χ2n) is 3.76. The van der Waals surface area contributed by atoms with Gasteiger partial charge in [0, 0.05) is 7.05 Å². The van der Waals surface area contributed by atoms with Crippen LogP contribution in [0.15, 0.2) is 18.2 Å². The summed E-state index contributed by atoms with van der Waals surface area (Å²) in [7, 11) is 1.92. The largest absolute Gasteiger partial charge is 0.394 e. The Bertz CT molecular complexity index is 490. The Labute approximate surface area is 88.3 Å². The Balaban J connectivity index is 2.70. The second kappa shape index (κ2) is 3.64. The summed E-state index contributed by atoms with van der Waals surface area (Å²) in [6.45, 7) is 1.95. The van der Waals surface area contributed by atoms with Crippen molar-refractivity contribution in [3.63, 3.8) is 0 Å². The molecule has 1 aromatic heterocycles. The number of aryl methyl sites for hydroxylation is 2. The molecule has 1 heterocycles. The molecule has 0 aliphatic rings. The lowest BCUT2D eigenvalue weighted by atomic mass is 10.2. The zero-order valence-corrected chi connectivity index (χ0v) is 8.94. The standard InChI is InChI=1S/C11H15N3O/c1-7-4-3-5-9-10(7)14(2)11(13-9)8(12)6-15/h3-5,8,15H,6,12H2,1-2H3. The van der Waals surface area contributed by atoms with E-state index in [1.165, 1.54) is 5.56 Å². The minimum atomic E-state index is -0.415. The van der Waals surface area contributed by atoms with Gasteiger partial charge in [0.1, 0.15) is 5.82 Å². The van der Waals surface area contributed by atoms with Crippen molar-refractivity contribution in [2.24, 2.45) is 12.8 Å². The zero-order chi connectivity index (χ0) is 11.0. The lowest BCUT2D eigenvalue weighted by Gasteiger charge is -2.08. The lowest BCUT2D eigenvalue weighted by Crippen LogP contribution is -2.18. The van der Waals surface area contributed by atoms with Crippen molar-refractivity contribution >= 4 is 11.0 Å². The van der Waals surface area contributed by atoms with Crippen LogP contribution in [0.25, 0.3) is 11.0 Å². The molecule has 0 fully saturated rings. The minimum absolute atomic E-state index is 0.0871. The van der Waals surface area contributed by atoms with E-state index in [2.05, 4.69) is 4.98 Å². The Kier molecular flexibility index (Phi) is 2.46. The molecular formula is C11H15N3O. The normalized spacial score (nSPS) is 13.3. The van der Waals surface area contributed by atoms with Crippen LogP contribution in [0.5, 0.6) is 0 Å². The lowest BCUT2D eigenvalue weighted by molar-refractivity contribution is 0.262. The molecule has 0 amide bonds. The summed E-state index contributed by atoms with van der Waals surface area (Å²) in [5.74, 6) is 0.724. The number of nitrogens with zero attached hydrogens (tertiary/aromatic N) is 2. The quantitative estimate of drug-likeness (QED) is 0.764. The first-order valence-electron chi connectivity index (χ1n) is 4.93. The van der Waals surface area contributed by atoms with Crippen molar-refractivity contribution in [2.45, 2.75) is 13.0 Å². The summed E-state index contributed by atoms with van der Waals surface area (Å²) in [5, 5.41) is 9.03. The molecule has 4 heteroatoms. The zero-order valence-electron chi connectivity index (χ0n) is 8.94. The highest BCUT2D eigenvalue weighted by Crippen LogP contribution is 2.21. The minimum Gasteiger partial charge on any atom is -0.394 e. The van der Waals surface area contributed by atoms with E-state index in [0.717, 1.165) is 16.9 Å². The molecule has 15 heavy (non-hydrogen) atoms. The number of para-hydroxylation sites is 1. The first kappa shape index (κ1) is 10.1. The van der Waals surface area contributed by atoms with E-state index in [1.807, 2.05) is 36.7 Å². The Hall–Kier alpha value is -1.39. The Morgan fingerprint density at radius 3 is 2.87 bits per heavy atom. The number of aliphatic hydroxyl groups excluding tert-OH is 1. The first-order valence-corrected chi connectivity index (χ1v) is 4.93. The van der Waals surface area contributed by atoms with E-state index < -0.39 is 6.04 Å². The van der Waals surface area contributed by atoms with E-state index in [-0.39, 0.29) is 6.61 Å². The summed E-state index contributed by atoms with van der Waals surface area (Å²) in [6, 6.07) is 5.55. The van der Waals surface area contributed by atoms with Crippen LogP contribution in [-0.4, -0.2) is 21.3 Å². The maximum atomic E-state index is 9.03. The maximum absolute atomic E-state index is 9.03. The van der Waals surface area contributed by atoms with Crippen LogP contribution in [-0.2, 0) is 7.05 Å². The molecule has 2 rings (SSSR count). The highest BCUT2D eigenvalue weighted by molar-refractivity contribution is 5.79. The second-order valence-corrected chi connectivity index (χ2v) is 3.76. The fourth-order valence-electron chi connectivity index (χ4n) is 1.90. The van der Waals surface area contributed by atoms with Gasteiger partial charge in [0.2, 0.25) is 0 Å². The number of hydrogen-bond acceptors (Lipinski definition) is 3. The van der Waals surface area contributed by atoms with Crippen molar-refractivity contribution in [2.75, 3.05) is 6.61 Å². The maximum Gasteiger partial charge on any atom is 0.128 e. The van der Waals surface area contributed by atoms with Crippen LogP contribution in [0, 0.1) is 6.92 Å². The van der Waals surface area contributed by atoms with Crippen molar-refractivity contribution in [3.05, 3.63) is 29.6 Å². The van der Waals surface area contributed by atoms with Crippen molar-refractivity contribution in [1.82, 2.24) is 9.55 Å². The molecule has 0 aliphatic heterocycles. The van der Waals surface area contributed by atoms with Crippen molar-refractivity contribution in [1.29, 1.82) is 0 Å². The molecule has 2 aromatic rings. The highest BCUT2D eigenvalue weighted by atomic mass is 16.3.